The van der Waals surface area contributed by atoms with Crippen molar-refractivity contribution < 1.29 is 9.13 Å². The van der Waals surface area contributed by atoms with Gasteiger partial charge < -0.3 is 15.4 Å². The van der Waals surface area contributed by atoms with E-state index in [0.717, 1.165) is 0 Å². The van der Waals surface area contributed by atoms with Crippen LogP contribution in [-0.4, -0.2) is 31.8 Å². The fourth-order valence-corrected chi connectivity index (χ4v) is 1.74. The van der Waals surface area contributed by atoms with E-state index in [9.17, 15) is 4.39 Å². The molecule has 0 aliphatic rings. The van der Waals surface area contributed by atoms with Gasteiger partial charge in [-0.25, -0.2) is 4.39 Å². The van der Waals surface area contributed by atoms with E-state index in [2.05, 4.69) is 0 Å². The Morgan fingerprint density at radius 2 is 2.24 bits per heavy atom. The second-order valence-electron chi connectivity index (χ2n) is 3.62. The molecule has 0 fully saturated rings. The molecule has 3 nitrogen and oxygen atoms in total. The summed E-state index contributed by atoms with van der Waals surface area (Å²) in [6, 6.07) is 4.79. The van der Waals surface area contributed by atoms with E-state index < -0.39 is 5.82 Å². The normalized spacial score (nSPS) is 10.3. The van der Waals surface area contributed by atoms with Gasteiger partial charge in [0.05, 0.1) is 12.2 Å². The van der Waals surface area contributed by atoms with Crippen molar-refractivity contribution in [3.63, 3.8) is 0 Å². The van der Waals surface area contributed by atoms with Crippen molar-refractivity contribution in [1.29, 1.82) is 0 Å². The van der Waals surface area contributed by atoms with Gasteiger partial charge in [0.2, 0.25) is 0 Å². The maximum atomic E-state index is 13.6. The maximum absolute atomic E-state index is 13.6. The monoisotopic (exact) mass is 256 g/mol. The van der Waals surface area contributed by atoms with E-state index in [1.54, 1.807) is 12.1 Å². The van der Waals surface area contributed by atoms with Crippen LogP contribution in [0.25, 0.3) is 0 Å². The minimum absolute atomic E-state index is 0.0707. The number of ether oxygens (including phenoxy) is 1. The Labute approximate surface area is 106 Å². The summed E-state index contributed by atoms with van der Waals surface area (Å²) in [6.07, 6.45) is 0. The molecule has 0 radical (unpaired) electrons. The summed E-state index contributed by atoms with van der Waals surface area (Å²) in [5.74, 6) is -0.391. The van der Waals surface area contributed by atoms with E-state index >= 15 is 0 Å². The summed E-state index contributed by atoms with van der Waals surface area (Å²) in [7, 11) is 1.86. The number of anilines is 1. The smallest absolute Gasteiger partial charge is 0.135 e. The van der Waals surface area contributed by atoms with E-state index in [0.29, 0.717) is 31.0 Å². The van der Waals surface area contributed by atoms with Gasteiger partial charge in [0, 0.05) is 25.9 Å². The molecule has 0 bridgehead atoms. The zero-order valence-corrected chi connectivity index (χ0v) is 10.9. The van der Waals surface area contributed by atoms with E-state index in [4.69, 9.17) is 22.7 Å². The Balaban J connectivity index is 2.89. The SMILES string of the molecule is CCOCCN(C)c1cccc(F)c1C(N)=S. The molecular weight excluding hydrogens is 239 g/mol. The summed E-state index contributed by atoms with van der Waals surface area (Å²) < 4.78 is 18.9. The van der Waals surface area contributed by atoms with Gasteiger partial charge in [-0.05, 0) is 19.1 Å². The van der Waals surface area contributed by atoms with Crippen LogP contribution in [0.2, 0.25) is 0 Å². The summed E-state index contributed by atoms with van der Waals surface area (Å²) >= 11 is 4.87. The lowest BCUT2D eigenvalue weighted by atomic mass is 10.1. The van der Waals surface area contributed by atoms with Crippen LogP contribution in [0, 0.1) is 5.82 Å². The predicted molar refractivity (Wildman–Crippen MR) is 72.1 cm³/mol. The van der Waals surface area contributed by atoms with E-state index in [-0.39, 0.29) is 4.99 Å². The third-order valence-electron chi connectivity index (χ3n) is 2.42. The van der Waals surface area contributed by atoms with E-state index in [1.165, 1.54) is 6.07 Å². The van der Waals surface area contributed by atoms with Crippen LogP contribution in [0.5, 0.6) is 0 Å². The van der Waals surface area contributed by atoms with Crippen molar-refractivity contribution in [2.24, 2.45) is 5.73 Å². The molecule has 5 heteroatoms. The quantitative estimate of drug-likeness (QED) is 0.623. The van der Waals surface area contributed by atoms with Gasteiger partial charge in [-0.2, -0.15) is 0 Å². The number of thiocarbonyl (C=S) groups is 1. The molecule has 0 heterocycles. The standard InChI is InChI=1S/C12H17FN2OS/c1-3-16-8-7-15(2)10-6-4-5-9(13)11(10)12(14)17/h4-6H,3,7-8H2,1-2H3,(H2,14,17). The van der Waals surface area contributed by atoms with E-state index in [1.807, 2.05) is 18.9 Å². The van der Waals surface area contributed by atoms with Gasteiger partial charge in [0.15, 0.2) is 0 Å². The minimum atomic E-state index is -0.391. The first-order valence-corrected chi connectivity index (χ1v) is 5.86. The molecule has 0 saturated heterocycles. The van der Waals surface area contributed by atoms with Crippen LogP contribution >= 0.6 is 12.2 Å². The highest BCUT2D eigenvalue weighted by molar-refractivity contribution is 7.80. The Kier molecular flexibility index (Phi) is 5.31. The third kappa shape index (κ3) is 3.64. The zero-order valence-electron chi connectivity index (χ0n) is 10.1. The lowest BCUT2D eigenvalue weighted by molar-refractivity contribution is 0.154. The Hall–Kier alpha value is -1.20. The number of halogens is 1. The van der Waals surface area contributed by atoms with Crippen LogP contribution < -0.4 is 10.6 Å². The summed E-state index contributed by atoms with van der Waals surface area (Å²) in [4.78, 5) is 1.95. The second-order valence-corrected chi connectivity index (χ2v) is 4.06. The number of nitrogens with two attached hydrogens (primary N) is 1. The van der Waals surface area contributed by atoms with Gasteiger partial charge >= 0.3 is 0 Å². The number of hydrogen-bond acceptors (Lipinski definition) is 3. The number of rotatable bonds is 6. The largest absolute Gasteiger partial charge is 0.389 e. The summed E-state index contributed by atoms with van der Waals surface area (Å²) in [5.41, 5.74) is 6.53. The molecule has 0 unspecified atom stereocenters. The van der Waals surface area contributed by atoms with Gasteiger partial charge in [0.1, 0.15) is 10.8 Å². The lowest BCUT2D eigenvalue weighted by Gasteiger charge is -2.22. The lowest BCUT2D eigenvalue weighted by Crippen LogP contribution is -2.26. The summed E-state index contributed by atoms with van der Waals surface area (Å²) in [5, 5.41) is 0. The molecule has 0 saturated carbocycles. The van der Waals surface area contributed by atoms with Crippen molar-refractivity contribution in [2.45, 2.75) is 6.92 Å². The molecule has 0 spiro atoms. The number of benzene rings is 1. The Bertz CT molecular complexity index is 398. The molecule has 94 valence electrons. The predicted octanol–water partition coefficient (Wildman–Crippen LogP) is 1.93. The van der Waals surface area contributed by atoms with Gasteiger partial charge in [0.25, 0.3) is 0 Å². The highest BCUT2D eigenvalue weighted by atomic mass is 32.1. The molecule has 0 aliphatic carbocycles. The van der Waals surface area contributed by atoms with Crippen molar-refractivity contribution >= 4 is 22.9 Å². The second kappa shape index (κ2) is 6.51. The van der Waals surface area contributed by atoms with Gasteiger partial charge in [-0.1, -0.05) is 18.3 Å². The molecule has 2 N–H and O–H groups in total. The Morgan fingerprint density at radius 3 is 2.82 bits per heavy atom. The fourth-order valence-electron chi connectivity index (χ4n) is 1.54. The van der Waals surface area contributed by atoms with Crippen LogP contribution in [0.4, 0.5) is 10.1 Å². The van der Waals surface area contributed by atoms with Crippen LogP contribution in [0.15, 0.2) is 18.2 Å². The molecular formula is C12H17FN2OS. The molecule has 1 aromatic rings. The fraction of sp³-hybridized carbons (Fsp3) is 0.417. The highest BCUT2D eigenvalue weighted by Crippen LogP contribution is 2.22. The molecule has 1 aromatic carbocycles. The molecule has 0 atom stereocenters. The topological polar surface area (TPSA) is 38.5 Å². The Morgan fingerprint density at radius 1 is 1.53 bits per heavy atom. The summed E-state index contributed by atoms with van der Waals surface area (Å²) in [6.45, 7) is 3.84. The number of nitrogens with zero attached hydrogens (tertiary/aromatic N) is 1. The van der Waals surface area contributed by atoms with Crippen LogP contribution in [0.3, 0.4) is 0 Å². The maximum Gasteiger partial charge on any atom is 0.135 e. The molecule has 0 aliphatic heterocycles. The molecule has 0 amide bonds. The van der Waals surface area contributed by atoms with Crippen molar-refractivity contribution in [3.8, 4) is 0 Å². The number of likely N-dealkylation sites (N-methyl/N-ethyl adjacent to an activating group) is 1. The average Bonchev–Trinajstić information content (AvgIpc) is 2.28. The van der Waals surface area contributed by atoms with Crippen molar-refractivity contribution in [2.75, 3.05) is 31.7 Å². The number of hydrogen-bond donors (Lipinski definition) is 1. The van der Waals surface area contributed by atoms with Gasteiger partial charge in [-0.3, -0.25) is 0 Å². The average molecular weight is 256 g/mol. The minimum Gasteiger partial charge on any atom is -0.389 e. The molecule has 0 aromatic heterocycles. The highest BCUT2D eigenvalue weighted by Gasteiger charge is 2.13. The van der Waals surface area contributed by atoms with Crippen LogP contribution in [-0.2, 0) is 4.74 Å². The third-order valence-corrected chi connectivity index (χ3v) is 2.63. The first-order chi connectivity index (χ1) is 8.07. The first kappa shape index (κ1) is 13.9. The van der Waals surface area contributed by atoms with Gasteiger partial charge in [-0.15, -0.1) is 0 Å². The zero-order chi connectivity index (χ0) is 12.8. The van der Waals surface area contributed by atoms with Crippen LogP contribution in [0.1, 0.15) is 12.5 Å². The van der Waals surface area contributed by atoms with Crippen molar-refractivity contribution in [3.05, 3.63) is 29.6 Å². The molecule has 17 heavy (non-hydrogen) atoms. The van der Waals surface area contributed by atoms with Crippen molar-refractivity contribution in [1.82, 2.24) is 0 Å². The first-order valence-electron chi connectivity index (χ1n) is 5.45. The molecule has 1 rings (SSSR count).